The molecule has 0 atom stereocenters. The van der Waals surface area contributed by atoms with Crippen molar-refractivity contribution in [2.24, 2.45) is 0 Å². The number of hydrogen-bond donors (Lipinski definition) is 2. The first-order valence-electron chi connectivity index (χ1n) is 10.3. The number of carbonyl (C=O) groups excluding carboxylic acids is 1. The Kier molecular flexibility index (Phi) is 5.84. The molecule has 2 heterocycles. The van der Waals surface area contributed by atoms with Crippen LogP contribution in [-0.4, -0.2) is 29.0 Å². The largest absolute Gasteiger partial charge is 0.451 e. The number of hydrogen-bond acceptors (Lipinski definition) is 6. The first-order valence-corrected chi connectivity index (χ1v) is 10.3. The van der Waals surface area contributed by atoms with Gasteiger partial charge in [-0.25, -0.2) is 4.98 Å². The van der Waals surface area contributed by atoms with Gasteiger partial charge in [-0.05, 0) is 57.2 Å². The van der Waals surface area contributed by atoms with Gasteiger partial charge in [0.15, 0.2) is 5.76 Å². The van der Waals surface area contributed by atoms with Crippen molar-refractivity contribution in [2.45, 2.75) is 20.8 Å². The van der Waals surface area contributed by atoms with E-state index < -0.39 is 0 Å². The highest BCUT2D eigenvalue weighted by Crippen LogP contribution is 2.22. The second kappa shape index (κ2) is 8.87. The Bertz CT molecular complexity index is 1160. The highest BCUT2D eigenvalue weighted by atomic mass is 16.3. The molecule has 0 saturated carbocycles. The van der Waals surface area contributed by atoms with Gasteiger partial charge in [0.05, 0.1) is 0 Å². The van der Waals surface area contributed by atoms with Crippen LogP contribution in [0.5, 0.6) is 0 Å². The predicted octanol–water partition coefficient (Wildman–Crippen LogP) is 5.37. The molecule has 31 heavy (non-hydrogen) atoms. The number of aryl methyl sites for hydroxylation is 1. The lowest BCUT2D eigenvalue weighted by Crippen LogP contribution is -2.23. The molecule has 2 aromatic carbocycles. The summed E-state index contributed by atoms with van der Waals surface area (Å²) < 4.78 is 5.62. The smallest absolute Gasteiger partial charge is 0.291 e. The lowest BCUT2D eigenvalue weighted by atomic mass is 10.2. The normalized spacial score (nSPS) is 10.8. The van der Waals surface area contributed by atoms with E-state index >= 15 is 0 Å². The molecular weight excluding hydrogens is 390 g/mol. The fraction of sp³-hybridized carbons (Fsp3) is 0.208. The number of anilines is 4. The quantitative estimate of drug-likeness (QED) is 0.422. The van der Waals surface area contributed by atoms with Crippen molar-refractivity contribution in [3.05, 3.63) is 72.1 Å². The molecule has 0 bridgehead atoms. The lowest BCUT2D eigenvalue weighted by Gasteiger charge is -2.20. The van der Waals surface area contributed by atoms with Gasteiger partial charge in [-0.15, -0.1) is 0 Å². The van der Waals surface area contributed by atoms with Crippen LogP contribution in [0.15, 0.2) is 65.1 Å². The Labute approximate surface area is 181 Å². The van der Waals surface area contributed by atoms with Gasteiger partial charge in [0.25, 0.3) is 5.91 Å². The minimum atomic E-state index is -0.289. The van der Waals surface area contributed by atoms with Crippen molar-refractivity contribution in [1.82, 2.24) is 9.97 Å². The van der Waals surface area contributed by atoms with Crippen molar-refractivity contribution in [1.29, 1.82) is 0 Å². The highest BCUT2D eigenvalue weighted by Gasteiger charge is 2.12. The molecule has 0 spiro atoms. The van der Waals surface area contributed by atoms with E-state index in [1.54, 1.807) is 6.07 Å². The first kappa shape index (κ1) is 20.4. The molecule has 0 fully saturated rings. The van der Waals surface area contributed by atoms with Gasteiger partial charge < -0.3 is 20.0 Å². The molecule has 4 rings (SSSR count). The Morgan fingerprint density at radius 3 is 2.39 bits per heavy atom. The van der Waals surface area contributed by atoms with E-state index in [4.69, 9.17) is 4.42 Å². The zero-order valence-corrected chi connectivity index (χ0v) is 17.8. The number of carbonyl (C=O) groups is 1. The van der Waals surface area contributed by atoms with Crippen LogP contribution in [0.3, 0.4) is 0 Å². The van der Waals surface area contributed by atoms with Crippen molar-refractivity contribution < 1.29 is 9.21 Å². The number of nitrogens with zero attached hydrogens (tertiary/aromatic N) is 3. The summed E-state index contributed by atoms with van der Waals surface area (Å²) in [6, 6.07) is 18.6. The predicted molar refractivity (Wildman–Crippen MR) is 124 cm³/mol. The van der Waals surface area contributed by atoms with Crippen LogP contribution >= 0.6 is 0 Å². The molecule has 1 amide bonds. The van der Waals surface area contributed by atoms with E-state index in [9.17, 15) is 4.79 Å². The van der Waals surface area contributed by atoms with Gasteiger partial charge >= 0.3 is 0 Å². The van der Waals surface area contributed by atoms with E-state index in [2.05, 4.69) is 39.3 Å². The first-order chi connectivity index (χ1) is 15.1. The molecule has 0 aliphatic heterocycles. The van der Waals surface area contributed by atoms with Gasteiger partial charge in [0.2, 0.25) is 5.95 Å². The van der Waals surface area contributed by atoms with E-state index in [0.29, 0.717) is 17.2 Å². The summed E-state index contributed by atoms with van der Waals surface area (Å²) in [5.41, 5.74) is 3.09. The van der Waals surface area contributed by atoms with Gasteiger partial charge in [0, 0.05) is 41.6 Å². The maximum Gasteiger partial charge on any atom is 0.291 e. The standard InChI is InChI=1S/C24H25N5O2/c1-4-29(5-2)22-14-16(3)25-24(28-22)27-19-12-10-18(11-13-19)26-23(30)21-15-17-8-6-7-9-20(17)31-21/h6-15H,4-5H2,1-3H3,(H,26,30)(H,25,27,28). The Morgan fingerprint density at radius 2 is 1.68 bits per heavy atom. The number of fused-ring (bicyclic) bond motifs is 1. The number of nitrogens with one attached hydrogen (secondary N) is 2. The molecular formula is C24H25N5O2. The van der Waals surface area contributed by atoms with Gasteiger partial charge in [-0.3, -0.25) is 4.79 Å². The molecule has 2 aromatic heterocycles. The SMILES string of the molecule is CCN(CC)c1cc(C)nc(Nc2ccc(NC(=O)c3cc4ccccc4o3)cc2)n1. The van der Waals surface area contributed by atoms with Crippen molar-refractivity contribution in [3.8, 4) is 0 Å². The molecule has 0 aliphatic carbocycles. The average molecular weight is 415 g/mol. The fourth-order valence-corrected chi connectivity index (χ4v) is 3.37. The molecule has 7 heteroatoms. The zero-order chi connectivity index (χ0) is 21.8. The van der Waals surface area contributed by atoms with E-state index in [1.165, 1.54) is 0 Å². The third-order valence-electron chi connectivity index (χ3n) is 4.98. The monoisotopic (exact) mass is 415 g/mol. The van der Waals surface area contributed by atoms with E-state index in [1.807, 2.05) is 61.5 Å². The summed E-state index contributed by atoms with van der Waals surface area (Å²) in [6.07, 6.45) is 0. The van der Waals surface area contributed by atoms with Crippen LogP contribution in [0.2, 0.25) is 0 Å². The molecule has 0 saturated heterocycles. The molecule has 2 N–H and O–H groups in total. The third kappa shape index (κ3) is 4.66. The third-order valence-corrected chi connectivity index (χ3v) is 4.98. The minimum absolute atomic E-state index is 0.278. The maximum absolute atomic E-state index is 12.5. The number of furan rings is 1. The topological polar surface area (TPSA) is 83.3 Å². The molecule has 158 valence electrons. The van der Waals surface area contributed by atoms with E-state index in [-0.39, 0.29) is 11.7 Å². The number of rotatable bonds is 7. The number of amides is 1. The van der Waals surface area contributed by atoms with Crippen LogP contribution < -0.4 is 15.5 Å². The summed E-state index contributed by atoms with van der Waals surface area (Å²) in [5, 5.41) is 7.00. The van der Waals surface area contributed by atoms with Crippen LogP contribution in [-0.2, 0) is 0 Å². The van der Waals surface area contributed by atoms with Crippen LogP contribution in [0.25, 0.3) is 11.0 Å². The Morgan fingerprint density at radius 1 is 0.968 bits per heavy atom. The van der Waals surface area contributed by atoms with Crippen LogP contribution in [0.4, 0.5) is 23.1 Å². The molecule has 0 radical (unpaired) electrons. The van der Waals surface area contributed by atoms with Gasteiger partial charge in [0.1, 0.15) is 11.4 Å². The number of aromatic nitrogens is 2. The van der Waals surface area contributed by atoms with Gasteiger partial charge in [-0.1, -0.05) is 18.2 Å². The second-order valence-electron chi connectivity index (χ2n) is 7.17. The molecule has 4 aromatic rings. The number of para-hydroxylation sites is 1. The average Bonchev–Trinajstić information content (AvgIpc) is 3.20. The number of benzene rings is 2. The minimum Gasteiger partial charge on any atom is -0.451 e. The van der Waals surface area contributed by atoms with Crippen LogP contribution in [0.1, 0.15) is 30.1 Å². The molecule has 7 nitrogen and oxygen atoms in total. The lowest BCUT2D eigenvalue weighted by molar-refractivity contribution is 0.0998. The summed E-state index contributed by atoms with van der Waals surface area (Å²) in [7, 11) is 0. The zero-order valence-electron chi connectivity index (χ0n) is 17.8. The van der Waals surface area contributed by atoms with Crippen molar-refractivity contribution >= 4 is 40.0 Å². The van der Waals surface area contributed by atoms with E-state index in [0.717, 1.165) is 35.7 Å². The molecule has 0 unspecified atom stereocenters. The molecule has 0 aliphatic rings. The summed E-state index contributed by atoms with van der Waals surface area (Å²) in [6.45, 7) is 7.92. The summed E-state index contributed by atoms with van der Waals surface area (Å²) in [4.78, 5) is 23.8. The Hall–Kier alpha value is -3.87. The summed E-state index contributed by atoms with van der Waals surface area (Å²) >= 11 is 0. The van der Waals surface area contributed by atoms with Crippen molar-refractivity contribution in [2.75, 3.05) is 28.6 Å². The highest BCUT2D eigenvalue weighted by molar-refractivity contribution is 6.04. The summed E-state index contributed by atoms with van der Waals surface area (Å²) in [5.74, 6) is 1.43. The second-order valence-corrected chi connectivity index (χ2v) is 7.17. The van der Waals surface area contributed by atoms with Crippen molar-refractivity contribution in [3.63, 3.8) is 0 Å². The maximum atomic E-state index is 12.5. The van der Waals surface area contributed by atoms with Gasteiger partial charge in [-0.2, -0.15) is 4.98 Å². The Balaban J connectivity index is 1.45. The fourth-order valence-electron chi connectivity index (χ4n) is 3.37. The van der Waals surface area contributed by atoms with Crippen LogP contribution in [0, 0.1) is 6.92 Å².